The number of carboxylic acids is 1. The van der Waals surface area contributed by atoms with Crippen molar-refractivity contribution in [3.63, 3.8) is 0 Å². The van der Waals surface area contributed by atoms with E-state index in [4.69, 9.17) is 14.3 Å². The van der Waals surface area contributed by atoms with Gasteiger partial charge in [-0.15, -0.1) is 0 Å². The maximum absolute atomic E-state index is 13.8. The van der Waals surface area contributed by atoms with Crippen LogP contribution in [-0.4, -0.2) is 47.2 Å². The molecular weight excluding hydrogens is 341 g/mol. The van der Waals surface area contributed by atoms with Crippen LogP contribution in [0.15, 0.2) is 40.8 Å². The minimum Gasteiger partial charge on any atom is -0.479 e. The quantitative estimate of drug-likeness (QED) is 0.886. The Bertz CT molecular complexity index is 803. The van der Waals surface area contributed by atoms with Gasteiger partial charge in [0.1, 0.15) is 17.3 Å². The monoisotopic (exact) mass is 361 g/mol. The van der Waals surface area contributed by atoms with Crippen molar-refractivity contribution in [1.29, 1.82) is 0 Å². The molecule has 0 bridgehead atoms. The lowest BCUT2D eigenvalue weighted by atomic mass is 10.1. The Morgan fingerprint density at radius 2 is 2.00 bits per heavy atom. The second-order valence-electron chi connectivity index (χ2n) is 6.32. The topological polar surface area (TPSA) is 80.0 Å². The Kier molecular flexibility index (Phi) is 5.37. The third kappa shape index (κ3) is 4.11. The molecule has 1 aromatic heterocycles. The lowest BCUT2D eigenvalue weighted by Crippen LogP contribution is -2.51. The number of hydrogen-bond acceptors (Lipinski definition) is 4. The highest BCUT2D eigenvalue weighted by molar-refractivity contribution is 5.79. The summed E-state index contributed by atoms with van der Waals surface area (Å²) in [7, 11) is 0. The van der Waals surface area contributed by atoms with Gasteiger partial charge in [0.2, 0.25) is 5.91 Å². The Hall–Kier alpha value is -2.67. The minimum absolute atomic E-state index is 0.0388. The lowest BCUT2D eigenvalue weighted by molar-refractivity contribution is -0.166. The van der Waals surface area contributed by atoms with Gasteiger partial charge in [0.25, 0.3) is 0 Å². The molecule has 0 aliphatic carbocycles. The number of benzene rings is 1. The summed E-state index contributed by atoms with van der Waals surface area (Å²) in [5.74, 6) is -0.610. The fraction of sp³-hybridized carbons (Fsp3) is 0.368. The predicted molar refractivity (Wildman–Crippen MR) is 91.0 cm³/mol. The molecule has 1 fully saturated rings. The summed E-state index contributed by atoms with van der Waals surface area (Å²) in [5.41, 5.74) is 0.372. The number of ether oxygens (including phenoxy) is 1. The van der Waals surface area contributed by atoms with Crippen LogP contribution in [-0.2, 0) is 20.7 Å². The van der Waals surface area contributed by atoms with Crippen LogP contribution >= 0.6 is 0 Å². The Labute approximate surface area is 150 Å². The second-order valence-corrected chi connectivity index (χ2v) is 6.32. The molecule has 2 aromatic rings. The van der Waals surface area contributed by atoms with E-state index in [1.165, 1.54) is 11.0 Å². The summed E-state index contributed by atoms with van der Waals surface area (Å²) in [6, 6.07) is 9.72. The number of carboxylic acid groups (broad SMARTS) is 1. The molecule has 2 heterocycles. The molecule has 1 N–H and O–H groups in total. The van der Waals surface area contributed by atoms with E-state index in [0.29, 0.717) is 30.0 Å². The van der Waals surface area contributed by atoms with Crippen LogP contribution in [0.1, 0.15) is 19.1 Å². The summed E-state index contributed by atoms with van der Waals surface area (Å²) in [5, 5.41) is 9.09. The number of nitrogens with zero attached hydrogens (tertiary/aromatic N) is 1. The van der Waals surface area contributed by atoms with Crippen molar-refractivity contribution < 1.29 is 28.2 Å². The van der Waals surface area contributed by atoms with Crippen LogP contribution in [0.5, 0.6) is 0 Å². The number of halogens is 1. The molecule has 0 spiro atoms. The van der Waals surface area contributed by atoms with Gasteiger partial charge in [0, 0.05) is 19.4 Å². The normalized spacial score (nSPS) is 20.2. The molecule has 138 valence electrons. The standard InChI is InChI=1S/C19H20FNO5/c1-12-10-21(11-17(25-12)19(23)24)18(22)9-7-13-6-8-16(26-13)14-4-2-3-5-15(14)20/h2-6,8,12,17H,7,9-11H2,1H3,(H,23,24)/t12-,17?/m1/s1. The maximum Gasteiger partial charge on any atom is 0.334 e. The van der Waals surface area contributed by atoms with Crippen molar-refractivity contribution in [3.8, 4) is 11.3 Å². The van der Waals surface area contributed by atoms with Crippen LogP contribution in [0.4, 0.5) is 4.39 Å². The van der Waals surface area contributed by atoms with Crippen molar-refractivity contribution in [1.82, 2.24) is 4.90 Å². The minimum atomic E-state index is -1.07. The average molecular weight is 361 g/mol. The molecule has 26 heavy (non-hydrogen) atoms. The molecule has 6 nitrogen and oxygen atoms in total. The van der Waals surface area contributed by atoms with Crippen LogP contribution in [0.3, 0.4) is 0 Å². The van der Waals surface area contributed by atoms with Gasteiger partial charge in [-0.25, -0.2) is 9.18 Å². The Balaban J connectivity index is 1.60. The van der Waals surface area contributed by atoms with Crippen molar-refractivity contribution in [3.05, 3.63) is 48.0 Å². The first-order chi connectivity index (χ1) is 12.4. The fourth-order valence-corrected chi connectivity index (χ4v) is 3.00. The third-order valence-corrected chi connectivity index (χ3v) is 4.27. The van der Waals surface area contributed by atoms with E-state index in [-0.39, 0.29) is 30.8 Å². The van der Waals surface area contributed by atoms with Crippen molar-refractivity contribution in [2.75, 3.05) is 13.1 Å². The number of aryl methyl sites for hydroxylation is 1. The third-order valence-electron chi connectivity index (χ3n) is 4.27. The van der Waals surface area contributed by atoms with E-state index in [1.807, 2.05) is 0 Å². The number of aliphatic carboxylic acids is 1. The zero-order valence-electron chi connectivity index (χ0n) is 14.4. The first-order valence-electron chi connectivity index (χ1n) is 8.43. The highest BCUT2D eigenvalue weighted by Crippen LogP contribution is 2.25. The second kappa shape index (κ2) is 7.70. The number of morpholine rings is 1. The summed E-state index contributed by atoms with van der Waals surface area (Å²) in [6.45, 7) is 2.14. The van der Waals surface area contributed by atoms with E-state index in [0.717, 1.165) is 0 Å². The molecule has 3 rings (SSSR count). The fourth-order valence-electron chi connectivity index (χ4n) is 3.00. The average Bonchev–Trinajstić information content (AvgIpc) is 3.08. The van der Waals surface area contributed by atoms with E-state index in [1.54, 1.807) is 37.3 Å². The molecular formula is C19H20FNO5. The van der Waals surface area contributed by atoms with Crippen molar-refractivity contribution >= 4 is 11.9 Å². The van der Waals surface area contributed by atoms with E-state index in [2.05, 4.69) is 0 Å². The number of amides is 1. The molecule has 1 unspecified atom stereocenters. The van der Waals surface area contributed by atoms with E-state index >= 15 is 0 Å². The zero-order chi connectivity index (χ0) is 18.7. The van der Waals surface area contributed by atoms with Crippen LogP contribution in [0.2, 0.25) is 0 Å². The summed E-state index contributed by atoms with van der Waals surface area (Å²) >= 11 is 0. The number of furan rings is 1. The smallest absolute Gasteiger partial charge is 0.334 e. The summed E-state index contributed by atoms with van der Waals surface area (Å²) in [6.07, 6.45) is -0.788. The molecule has 1 saturated heterocycles. The van der Waals surface area contributed by atoms with Crippen molar-refractivity contribution in [2.24, 2.45) is 0 Å². The SMILES string of the molecule is C[C@@H]1CN(C(=O)CCc2ccc(-c3ccccc3F)o2)CC(C(=O)O)O1. The van der Waals surface area contributed by atoms with Gasteiger partial charge in [0.15, 0.2) is 6.10 Å². The van der Waals surface area contributed by atoms with Crippen LogP contribution < -0.4 is 0 Å². The van der Waals surface area contributed by atoms with Crippen LogP contribution in [0.25, 0.3) is 11.3 Å². The Morgan fingerprint density at radius 3 is 2.73 bits per heavy atom. The number of hydrogen-bond donors (Lipinski definition) is 1. The highest BCUT2D eigenvalue weighted by atomic mass is 19.1. The van der Waals surface area contributed by atoms with Gasteiger partial charge in [-0.3, -0.25) is 4.79 Å². The van der Waals surface area contributed by atoms with Gasteiger partial charge in [-0.2, -0.15) is 0 Å². The van der Waals surface area contributed by atoms with Gasteiger partial charge >= 0.3 is 5.97 Å². The van der Waals surface area contributed by atoms with Gasteiger partial charge < -0.3 is 19.2 Å². The first kappa shape index (κ1) is 18.1. The number of carbonyl (C=O) groups is 2. The molecule has 1 aromatic carbocycles. The maximum atomic E-state index is 13.8. The molecule has 1 aliphatic heterocycles. The summed E-state index contributed by atoms with van der Waals surface area (Å²) < 4.78 is 24.7. The first-order valence-corrected chi connectivity index (χ1v) is 8.43. The van der Waals surface area contributed by atoms with E-state index in [9.17, 15) is 14.0 Å². The van der Waals surface area contributed by atoms with E-state index < -0.39 is 12.1 Å². The number of carbonyl (C=O) groups excluding carboxylic acids is 1. The summed E-state index contributed by atoms with van der Waals surface area (Å²) in [4.78, 5) is 25.0. The highest BCUT2D eigenvalue weighted by Gasteiger charge is 2.32. The molecule has 1 aliphatic rings. The van der Waals surface area contributed by atoms with Crippen molar-refractivity contribution in [2.45, 2.75) is 32.0 Å². The molecule has 1 amide bonds. The number of rotatable bonds is 5. The van der Waals surface area contributed by atoms with Crippen LogP contribution in [0, 0.1) is 5.82 Å². The van der Waals surface area contributed by atoms with Gasteiger partial charge in [0.05, 0.1) is 18.2 Å². The lowest BCUT2D eigenvalue weighted by Gasteiger charge is -2.35. The molecule has 7 heteroatoms. The molecule has 0 radical (unpaired) electrons. The molecule has 0 saturated carbocycles. The van der Waals surface area contributed by atoms with Gasteiger partial charge in [-0.05, 0) is 31.2 Å². The molecule has 2 atom stereocenters. The van der Waals surface area contributed by atoms with Gasteiger partial charge in [-0.1, -0.05) is 12.1 Å². The zero-order valence-corrected chi connectivity index (χ0v) is 14.4. The largest absolute Gasteiger partial charge is 0.479 e. The predicted octanol–water partition coefficient (Wildman–Crippen LogP) is 2.72. The Morgan fingerprint density at radius 1 is 1.23 bits per heavy atom.